The Morgan fingerprint density at radius 2 is 1.83 bits per heavy atom. The predicted molar refractivity (Wildman–Crippen MR) is 129 cm³/mol. The first-order valence-electron chi connectivity index (χ1n) is 11.1. The highest BCUT2D eigenvalue weighted by molar-refractivity contribution is 6.20. The fourth-order valence-electron chi connectivity index (χ4n) is 5.70. The summed E-state index contributed by atoms with van der Waals surface area (Å²) in [7, 11) is 1.62. The van der Waals surface area contributed by atoms with Gasteiger partial charge in [0.1, 0.15) is 17.3 Å². The van der Waals surface area contributed by atoms with Gasteiger partial charge >= 0.3 is 0 Å². The van der Waals surface area contributed by atoms with Crippen LogP contribution < -0.4 is 15.5 Å². The third kappa shape index (κ3) is 2.86. The van der Waals surface area contributed by atoms with E-state index in [4.69, 9.17) is 5.73 Å². The molecule has 0 fully saturated rings. The number of nitrogens with two attached hydrogens (primary N) is 1. The highest BCUT2D eigenvalue weighted by Gasteiger charge is 2.62. The minimum absolute atomic E-state index is 0.0179. The van der Waals surface area contributed by atoms with E-state index in [2.05, 4.69) is 6.07 Å². The van der Waals surface area contributed by atoms with Crippen molar-refractivity contribution < 1.29 is 14.5 Å². The summed E-state index contributed by atoms with van der Waals surface area (Å²) in [4.78, 5) is 41.8. The van der Waals surface area contributed by atoms with Gasteiger partial charge in [0.05, 0.1) is 16.2 Å². The third-order valence-electron chi connectivity index (χ3n) is 7.07. The molecule has 2 aliphatic heterocycles. The molecule has 9 nitrogen and oxygen atoms in total. The summed E-state index contributed by atoms with van der Waals surface area (Å²) in [5, 5.41) is 21.8. The van der Waals surface area contributed by atoms with Crippen molar-refractivity contribution in [2.24, 2.45) is 11.1 Å². The average Bonchev–Trinajstić information content (AvgIpc) is 3.01. The summed E-state index contributed by atoms with van der Waals surface area (Å²) >= 11 is 0. The number of fused-ring (bicyclic) bond motifs is 3. The van der Waals surface area contributed by atoms with Crippen LogP contribution in [0.25, 0.3) is 0 Å². The molecule has 0 saturated carbocycles. The first-order chi connectivity index (χ1) is 16.5. The van der Waals surface area contributed by atoms with Gasteiger partial charge in [-0.1, -0.05) is 38.1 Å². The van der Waals surface area contributed by atoms with Crippen LogP contribution in [0, 0.1) is 26.9 Å². The molecule has 2 aromatic rings. The molecular weight excluding hydrogens is 446 g/mol. The van der Waals surface area contributed by atoms with Crippen LogP contribution in [0.5, 0.6) is 0 Å². The number of hydrogen-bond acceptors (Lipinski definition) is 7. The van der Waals surface area contributed by atoms with Crippen molar-refractivity contribution in [2.45, 2.75) is 32.1 Å². The van der Waals surface area contributed by atoms with Crippen molar-refractivity contribution in [3.63, 3.8) is 0 Å². The fraction of sp³-hybridized carbons (Fsp3) is 0.269. The summed E-state index contributed by atoms with van der Waals surface area (Å²) in [5.41, 5.74) is 6.52. The number of amides is 1. The van der Waals surface area contributed by atoms with Crippen molar-refractivity contribution in [1.82, 2.24) is 0 Å². The Balaban J connectivity index is 1.90. The number of anilines is 2. The number of nitrogens with zero attached hydrogens (tertiary/aromatic N) is 4. The van der Waals surface area contributed by atoms with Crippen LogP contribution >= 0.6 is 0 Å². The van der Waals surface area contributed by atoms with Crippen LogP contribution in [0.4, 0.5) is 17.1 Å². The van der Waals surface area contributed by atoms with E-state index < -0.39 is 21.7 Å². The predicted octanol–water partition coefficient (Wildman–Crippen LogP) is 3.67. The highest BCUT2D eigenvalue weighted by atomic mass is 16.6. The van der Waals surface area contributed by atoms with Gasteiger partial charge < -0.3 is 10.6 Å². The lowest BCUT2D eigenvalue weighted by Gasteiger charge is -2.46. The van der Waals surface area contributed by atoms with Crippen molar-refractivity contribution in [3.05, 3.63) is 86.9 Å². The van der Waals surface area contributed by atoms with Crippen LogP contribution in [0.1, 0.15) is 32.3 Å². The van der Waals surface area contributed by atoms with E-state index in [1.807, 2.05) is 13.8 Å². The van der Waals surface area contributed by atoms with E-state index in [0.717, 1.165) is 0 Å². The number of likely N-dealkylation sites (N-methyl/N-ethyl adjacent to an activating group) is 1. The molecule has 2 N–H and O–H groups in total. The number of para-hydroxylation sites is 1. The number of ketones is 1. The Labute approximate surface area is 201 Å². The summed E-state index contributed by atoms with van der Waals surface area (Å²) in [6, 6.07) is 15.1. The summed E-state index contributed by atoms with van der Waals surface area (Å²) < 4.78 is 0. The average molecular weight is 470 g/mol. The lowest BCUT2D eigenvalue weighted by atomic mass is 9.60. The first kappa shape index (κ1) is 22.3. The standard InChI is InChI=1S/C26H23N5O4/c1-25(2)12-20-22(21(32)13-25)26(17-9-4-5-10-19(17)29(3)24(26)33)18(14-27)23(28)30(20)15-7-6-8-16(11-15)31(34)35/h4-11H,12-13,28H2,1-3H3. The number of nitro groups is 1. The lowest BCUT2D eigenvalue weighted by molar-refractivity contribution is -0.384. The molecule has 1 amide bonds. The number of allylic oxidation sites excluding steroid dienone is 1. The Kier molecular flexibility index (Phi) is 4.64. The molecule has 0 bridgehead atoms. The van der Waals surface area contributed by atoms with Gasteiger partial charge in [-0.2, -0.15) is 5.26 Å². The molecule has 2 aromatic carbocycles. The SMILES string of the molecule is CN1C(=O)C2(C(C#N)=C(N)N(c3cccc([N+](=O)[O-])c3)C3=C2C(=O)CC(C)(C)C3)c2ccccc21. The number of Topliss-reactive ketones (excluding diaryl/α,β-unsaturated/α-hetero) is 1. The van der Waals surface area contributed by atoms with E-state index in [1.165, 1.54) is 23.1 Å². The summed E-state index contributed by atoms with van der Waals surface area (Å²) in [6.07, 6.45) is 0.575. The van der Waals surface area contributed by atoms with E-state index >= 15 is 0 Å². The molecule has 2 heterocycles. The second-order valence-electron chi connectivity index (χ2n) is 9.88. The van der Waals surface area contributed by atoms with E-state index in [1.54, 1.807) is 42.3 Å². The van der Waals surface area contributed by atoms with Gasteiger partial charge in [0.15, 0.2) is 5.78 Å². The zero-order valence-electron chi connectivity index (χ0n) is 19.5. The molecule has 9 heteroatoms. The number of carbonyl (C=O) groups is 2. The Bertz CT molecular complexity index is 1450. The van der Waals surface area contributed by atoms with Crippen LogP contribution in [0.2, 0.25) is 0 Å². The molecule has 176 valence electrons. The van der Waals surface area contributed by atoms with Gasteiger partial charge in [-0.05, 0) is 24.0 Å². The van der Waals surface area contributed by atoms with Crippen molar-refractivity contribution in [1.29, 1.82) is 5.26 Å². The van der Waals surface area contributed by atoms with Crippen molar-refractivity contribution in [2.75, 3.05) is 16.8 Å². The number of rotatable bonds is 2. The normalized spacial score (nSPS) is 22.9. The number of benzene rings is 2. The second-order valence-corrected chi connectivity index (χ2v) is 9.88. The molecule has 0 aromatic heterocycles. The first-order valence-corrected chi connectivity index (χ1v) is 11.1. The number of hydrogen-bond donors (Lipinski definition) is 1. The maximum atomic E-state index is 14.0. The van der Waals surface area contributed by atoms with Crippen molar-refractivity contribution in [3.8, 4) is 6.07 Å². The van der Waals surface area contributed by atoms with E-state index in [-0.39, 0.29) is 34.9 Å². The Morgan fingerprint density at radius 3 is 2.51 bits per heavy atom. The van der Waals surface area contributed by atoms with Crippen LogP contribution in [-0.2, 0) is 15.0 Å². The summed E-state index contributed by atoms with van der Waals surface area (Å²) in [5.74, 6) is -0.682. The largest absolute Gasteiger partial charge is 0.384 e. The molecule has 0 radical (unpaired) electrons. The molecule has 5 rings (SSSR count). The maximum Gasteiger partial charge on any atom is 0.271 e. The lowest BCUT2D eigenvalue weighted by Crippen LogP contribution is -2.53. The topological polar surface area (TPSA) is 134 Å². The third-order valence-corrected chi connectivity index (χ3v) is 7.07. The van der Waals surface area contributed by atoms with Gasteiger partial charge in [-0.25, -0.2) is 0 Å². The maximum absolute atomic E-state index is 14.0. The molecule has 1 spiro atoms. The Hall–Kier alpha value is -4.45. The Morgan fingerprint density at radius 1 is 1.11 bits per heavy atom. The number of nitro benzene ring substituents is 1. The van der Waals surface area contributed by atoms with Gasteiger partial charge in [0.25, 0.3) is 5.69 Å². The minimum Gasteiger partial charge on any atom is -0.384 e. The highest BCUT2D eigenvalue weighted by Crippen LogP contribution is 2.58. The van der Waals surface area contributed by atoms with Gasteiger partial charge in [-0.3, -0.25) is 24.6 Å². The molecular formula is C26H23N5O4. The van der Waals surface area contributed by atoms with E-state index in [9.17, 15) is 25.0 Å². The zero-order valence-corrected chi connectivity index (χ0v) is 19.5. The van der Waals surface area contributed by atoms with Gasteiger partial charge in [0.2, 0.25) is 5.91 Å². The smallest absolute Gasteiger partial charge is 0.271 e. The number of non-ortho nitro benzene ring substituents is 1. The molecule has 0 saturated heterocycles. The fourth-order valence-corrected chi connectivity index (χ4v) is 5.70. The molecule has 1 unspecified atom stereocenters. The molecule has 35 heavy (non-hydrogen) atoms. The summed E-state index contributed by atoms with van der Waals surface area (Å²) in [6.45, 7) is 3.90. The number of carbonyl (C=O) groups excluding carboxylic acids is 2. The van der Waals surface area contributed by atoms with Crippen LogP contribution in [0.3, 0.4) is 0 Å². The van der Waals surface area contributed by atoms with Crippen LogP contribution in [0.15, 0.2) is 71.2 Å². The van der Waals surface area contributed by atoms with Crippen LogP contribution in [-0.4, -0.2) is 23.7 Å². The molecule has 1 aliphatic carbocycles. The van der Waals surface area contributed by atoms with E-state index in [0.29, 0.717) is 29.1 Å². The zero-order chi connectivity index (χ0) is 25.3. The van der Waals surface area contributed by atoms with Gasteiger partial charge in [0, 0.05) is 48.1 Å². The van der Waals surface area contributed by atoms with Crippen molar-refractivity contribution >= 4 is 28.8 Å². The quantitative estimate of drug-likeness (QED) is 0.524. The molecule has 1 atom stereocenters. The second kappa shape index (κ2) is 7.27. The van der Waals surface area contributed by atoms with Gasteiger partial charge in [-0.15, -0.1) is 0 Å². The molecule has 3 aliphatic rings. The minimum atomic E-state index is -1.66. The monoisotopic (exact) mass is 469 g/mol. The number of nitriles is 1.